The molecule has 51 heavy (non-hydrogen) atoms. The number of benzene rings is 7. The Morgan fingerprint density at radius 3 is 1.55 bits per heavy atom. The van der Waals surface area contributed by atoms with E-state index in [4.69, 9.17) is 15.0 Å². The van der Waals surface area contributed by atoms with Crippen LogP contribution in [0.15, 0.2) is 158 Å². The molecule has 11 rings (SSSR count). The number of rotatable bonds is 4. The molecule has 4 aromatic heterocycles. The summed E-state index contributed by atoms with van der Waals surface area (Å²) in [6.45, 7) is 0. The first kappa shape index (κ1) is 28.6. The molecule has 11 aromatic rings. The molecule has 4 heterocycles. The summed E-state index contributed by atoms with van der Waals surface area (Å²) < 4.78 is 7.54. The fourth-order valence-corrected chi connectivity index (χ4v) is 9.84. The van der Waals surface area contributed by atoms with E-state index in [0.717, 1.165) is 16.7 Å². The molecule has 0 aliphatic heterocycles. The minimum Gasteiger partial charge on any atom is -0.309 e. The van der Waals surface area contributed by atoms with Gasteiger partial charge in [0.15, 0.2) is 17.5 Å². The van der Waals surface area contributed by atoms with Crippen molar-refractivity contribution in [3.05, 3.63) is 158 Å². The van der Waals surface area contributed by atoms with E-state index in [0.29, 0.717) is 17.5 Å². The van der Waals surface area contributed by atoms with Crippen molar-refractivity contribution in [3.8, 4) is 39.9 Å². The van der Waals surface area contributed by atoms with Crippen molar-refractivity contribution in [2.75, 3.05) is 0 Å². The molecule has 0 bridgehead atoms. The second-order valence-electron chi connectivity index (χ2n) is 12.8. The Morgan fingerprint density at radius 2 is 0.882 bits per heavy atom. The maximum atomic E-state index is 4.99. The van der Waals surface area contributed by atoms with E-state index >= 15 is 0 Å². The standard InChI is InChI=1S/C45H26N4S2/c1-3-12-27(13-4-1)43-46-44(28-14-5-2-6-15-28)48-45(47-43)29-22-23-32-33-25-41-34(26-40(33)51-39(32)24-29)42-37(20-11-21-38(42)50-41)49-35-18-9-7-16-30(35)31-17-8-10-19-36(31)49/h1-26H. The fraction of sp³-hybridized carbons (Fsp3) is 0. The Kier molecular flexibility index (Phi) is 6.26. The summed E-state index contributed by atoms with van der Waals surface area (Å²) >= 11 is 3.71. The van der Waals surface area contributed by atoms with Gasteiger partial charge in [0.2, 0.25) is 0 Å². The van der Waals surface area contributed by atoms with Crippen LogP contribution >= 0.6 is 22.7 Å². The fourth-order valence-electron chi connectivity index (χ4n) is 7.52. The highest BCUT2D eigenvalue weighted by Gasteiger charge is 2.19. The number of nitrogens with zero attached hydrogens (tertiary/aromatic N) is 4. The van der Waals surface area contributed by atoms with Gasteiger partial charge in [-0.05, 0) is 42.5 Å². The maximum Gasteiger partial charge on any atom is 0.164 e. The highest BCUT2D eigenvalue weighted by Crippen LogP contribution is 2.45. The van der Waals surface area contributed by atoms with Gasteiger partial charge >= 0.3 is 0 Å². The van der Waals surface area contributed by atoms with Crippen LogP contribution in [0.3, 0.4) is 0 Å². The molecule has 0 fully saturated rings. The molecule has 0 saturated carbocycles. The van der Waals surface area contributed by atoms with Crippen molar-refractivity contribution in [1.82, 2.24) is 19.5 Å². The average molecular weight is 687 g/mol. The van der Waals surface area contributed by atoms with Crippen LogP contribution in [-0.4, -0.2) is 19.5 Å². The first-order chi connectivity index (χ1) is 25.3. The Bertz CT molecular complexity index is 3030. The van der Waals surface area contributed by atoms with Crippen LogP contribution in [0.2, 0.25) is 0 Å². The molecule has 6 heteroatoms. The number of aromatic nitrogens is 4. The van der Waals surface area contributed by atoms with Crippen LogP contribution in [-0.2, 0) is 0 Å². The van der Waals surface area contributed by atoms with Gasteiger partial charge in [0.1, 0.15) is 0 Å². The lowest BCUT2D eigenvalue weighted by Gasteiger charge is -2.10. The molecule has 0 amide bonds. The van der Waals surface area contributed by atoms with E-state index in [1.807, 2.05) is 83.3 Å². The summed E-state index contributed by atoms with van der Waals surface area (Å²) in [6.07, 6.45) is 0. The van der Waals surface area contributed by atoms with Gasteiger partial charge in [0.05, 0.1) is 16.7 Å². The zero-order valence-electron chi connectivity index (χ0n) is 27.1. The Hall–Kier alpha value is -6.21. The van der Waals surface area contributed by atoms with Crippen molar-refractivity contribution in [1.29, 1.82) is 0 Å². The zero-order valence-corrected chi connectivity index (χ0v) is 28.7. The van der Waals surface area contributed by atoms with Gasteiger partial charge in [0.25, 0.3) is 0 Å². The van der Waals surface area contributed by atoms with Crippen molar-refractivity contribution in [2.45, 2.75) is 0 Å². The molecular weight excluding hydrogens is 661 g/mol. The molecule has 0 atom stereocenters. The van der Waals surface area contributed by atoms with Gasteiger partial charge in [-0.25, -0.2) is 15.0 Å². The van der Waals surface area contributed by atoms with E-state index < -0.39 is 0 Å². The summed E-state index contributed by atoms with van der Waals surface area (Å²) in [4.78, 5) is 14.9. The second kappa shape index (κ2) is 11.2. The molecule has 0 spiro atoms. The van der Waals surface area contributed by atoms with Gasteiger partial charge < -0.3 is 4.57 Å². The Labute approximate surface area is 300 Å². The minimum atomic E-state index is 0.669. The van der Waals surface area contributed by atoms with Gasteiger partial charge in [-0.2, -0.15) is 0 Å². The monoisotopic (exact) mass is 686 g/mol. The van der Waals surface area contributed by atoms with E-state index in [2.05, 4.69) is 102 Å². The SMILES string of the molecule is c1ccc(-c2nc(-c3ccccc3)nc(-c3ccc4c(c3)sc3cc5c(cc34)sc3cccc(-n4c6ccccc6c6ccccc64)c35)n2)cc1. The van der Waals surface area contributed by atoms with Crippen LogP contribution in [0.25, 0.3) is 102 Å². The predicted molar refractivity (Wildman–Crippen MR) is 216 cm³/mol. The summed E-state index contributed by atoms with van der Waals surface area (Å²) in [7, 11) is 0. The first-order valence-corrected chi connectivity index (χ1v) is 18.6. The van der Waals surface area contributed by atoms with E-state index in [9.17, 15) is 0 Å². The zero-order chi connectivity index (χ0) is 33.5. The maximum absolute atomic E-state index is 4.99. The van der Waals surface area contributed by atoms with Crippen LogP contribution < -0.4 is 0 Å². The first-order valence-electron chi connectivity index (χ1n) is 16.9. The third-order valence-electron chi connectivity index (χ3n) is 9.85. The molecular formula is C45H26N4S2. The van der Waals surface area contributed by atoms with Crippen LogP contribution in [0, 0.1) is 0 Å². The molecule has 0 aliphatic rings. The van der Waals surface area contributed by atoms with Crippen molar-refractivity contribution < 1.29 is 0 Å². The molecule has 0 unspecified atom stereocenters. The molecule has 0 saturated heterocycles. The van der Waals surface area contributed by atoms with Crippen LogP contribution in [0.4, 0.5) is 0 Å². The quantitative estimate of drug-likeness (QED) is 0.185. The second-order valence-corrected chi connectivity index (χ2v) is 15.0. The van der Waals surface area contributed by atoms with Gasteiger partial charge in [-0.3, -0.25) is 0 Å². The molecule has 0 N–H and O–H groups in total. The summed E-state index contributed by atoms with van der Waals surface area (Å²) in [5.41, 5.74) is 6.59. The molecule has 238 valence electrons. The van der Waals surface area contributed by atoms with Gasteiger partial charge in [0, 0.05) is 67.8 Å². The van der Waals surface area contributed by atoms with E-state index in [-0.39, 0.29) is 0 Å². The smallest absolute Gasteiger partial charge is 0.164 e. The van der Waals surface area contributed by atoms with Crippen LogP contribution in [0.1, 0.15) is 0 Å². The lowest BCUT2D eigenvalue weighted by molar-refractivity contribution is 1.07. The molecule has 4 nitrogen and oxygen atoms in total. The van der Waals surface area contributed by atoms with Gasteiger partial charge in [-0.1, -0.05) is 115 Å². The van der Waals surface area contributed by atoms with E-state index in [1.165, 1.54) is 67.8 Å². The summed E-state index contributed by atoms with van der Waals surface area (Å²) in [5, 5.41) is 7.68. The number of thiophene rings is 2. The largest absolute Gasteiger partial charge is 0.309 e. The van der Waals surface area contributed by atoms with Crippen molar-refractivity contribution in [3.63, 3.8) is 0 Å². The third-order valence-corrected chi connectivity index (χ3v) is 12.1. The van der Waals surface area contributed by atoms with E-state index in [1.54, 1.807) is 0 Å². The lowest BCUT2D eigenvalue weighted by Crippen LogP contribution is -1.99. The molecule has 0 radical (unpaired) electrons. The number of fused-ring (bicyclic) bond motifs is 9. The number of para-hydroxylation sites is 2. The Morgan fingerprint density at radius 1 is 0.353 bits per heavy atom. The third kappa shape index (κ3) is 4.47. The molecule has 0 aliphatic carbocycles. The highest BCUT2D eigenvalue weighted by atomic mass is 32.1. The normalized spacial score (nSPS) is 11.9. The topological polar surface area (TPSA) is 43.6 Å². The summed E-state index contributed by atoms with van der Waals surface area (Å²) in [5.74, 6) is 2.01. The summed E-state index contributed by atoms with van der Waals surface area (Å²) in [6, 6.07) is 56.0. The van der Waals surface area contributed by atoms with Crippen molar-refractivity contribution >= 4 is 84.8 Å². The highest BCUT2D eigenvalue weighted by molar-refractivity contribution is 7.27. The van der Waals surface area contributed by atoms with Crippen molar-refractivity contribution in [2.24, 2.45) is 0 Å². The Balaban J connectivity index is 1.10. The molecule has 7 aromatic carbocycles. The van der Waals surface area contributed by atoms with Crippen LogP contribution in [0.5, 0.6) is 0 Å². The number of hydrogen-bond donors (Lipinski definition) is 0. The average Bonchev–Trinajstić information content (AvgIpc) is 3.86. The van der Waals surface area contributed by atoms with Gasteiger partial charge in [-0.15, -0.1) is 22.7 Å². The number of hydrogen-bond acceptors (Lipinski definition) is 5. The lowest BCUT2D eigenvalue weighted by atomic mass is 10.1. The minimum absolute atomic E-state index is 0.669. The predicted octanol–water partition coefficient (Wildman–Crippen LogP) is 12.7.